The summed E-state index contributed by atoms with van der Waals surface area (Å²) in [4.78, 5) is 31.4. The lowest BCUT2D eigenvalue weighted by Gasteiger charge is -2.07. The highest BCUT2D eigenvalue weighted by Crippen LogP contribution is 2.28. The van der Waals surface area contributed by atoms with Gasteiger partial charge in [0.2, 0.25) is 15.7 Å². The zero-order chi connectivity index (χ0) is 21.7. The first-order valence-corrected chi connectivity index (χ1v) is 11.7. The van der Waals surface area contributed by atoms with Gasteiger partial charge < -0.3 is 15.8 Å². The Kier molecular flexibility index (Phi) is 6.70. The van der Waals surface area contributed by atoms with Crippen molar-refractivity contribution in [2.45, 2.75) is 14.3 Å². The topological polar surface area (TPSA) is 141 Å². The molecule has 0 atom stereocenters. The average Bonchev–Trinajstić information content (AvgIpc) is 3.28. The molecule has 0 saturated carbocycles. The number of thioether (sulfide) groups is 1. The molecular formula is C18H16N4O5S3. The molecule has 3 aromatic rings. The summed E-state index contributed by atoms with van der Waals surface area (Å²) in [7, 11) is -2.49. The number of nitrogen functional groups attached to an aromatic ring is 1. The molecule has 0 unspecified atom stereocenters. The second-order valence-electron chi connectivity index (χ2n) is 5.74. The summed E-state index contributed by atoms with van der Waals surface area (Å²) in [5.41, 5.74) is 6.69. The number of hydrogen-bond acceptors (Lipinski definition) is 10. The average molecular weight is 465 g/mol. The summed E-state index contributed by atoms with van der Waals surface area (Å²) in [5.74, 6) is -0.999. The monoisotopic (exact) mass is 464 g/mol. The fourth-order valence-electron chi connectivity index (χ4n) is 2.30. The Labute approximate surface area is 180 Å². The van der Waals surface area contributed by atoms with Crippen LogP contribution in [0.4, 0.5) is 11.5 Å². The maximum absolute atomic E-state index is 12.5. The second kappa shape index (κ2) is 9.24. The Bertz CT molecular complexity index is 1160. The van der Waals surface area contributed by atoms with Gasteiger partial charge in [0.1, 0.15) is 14.9 Å². The summed E-state index contributed by atoms with van der Waals surface area (Å²) in [5, 5.41) is 4.50. The molecular weight excluding hydrogens is 448 g/mol. The standard InChI is InChI=1S/C18H16N4O5S3/c1-27-17(24)11-4-6-12(7-5-11)21-14(23)10-29-18-20-9-13(16(19)22-18)30(25,26)15-3-2-8-28-15/h2-9H,10H2,1H3,(H,21,23)(H2,19,20,22). The van der Waals surface area contributed by atoms with Crippen molar-refractivity contribution in [2.24, 2.45) is 0 Å². The summed E-state index contributed by atoms with van der Waals surface area (Å²) in [6.07, 6.45) is 1.14. The van der Waals surface area contributed by atoms with Gasteiger partial charge >= 0.3 is 5.97 Å². The van der Waals surface area contributed by atoms with E-state index < -0.39 is 15.8 Å². The molecule has 0 bridgehead atoms. The van der Waals surface area contributed by atoms with E-state index in [-0.39, 0.29) is 31.7 Å². The fourth-order valence-corrected chi connectivity index (χ4v) is 5.30. The van der Waals surface area contributed by atoms with E-state index in [0.29, 0.717) is 11.3 Å². The van der Waals surface area contributed by atoms with Crippen molar-refractivity contribution >= 4 is 56.3 Å². The number of nitrogens with one attached hydrogen (secondary N) is 1. The van der Waals surface area contributed by atoms with Crippen LogP contribution in [0, 0.1) is 0 Å². The molecule has 0 saturated heterocycles. The van der Waals surface area contributed by atoms with E-state index in [4.69, 9.17) is 5.73 Å². The van der Waals surface area contributed by atoms with E-state index in [0.717, 1.165) is 29.3 Å². The molecule has 0 aliphatic rings. The first-order chi connectivity index (χ1) is 14.3. The third kappa shape index (κ3) is 4.96. The third-order valence-electron chi connectivity index (χ3n) is 3.73. The number of benzene rings is 1. The molecule has 0 radical (unpaired) electrons. The number of hydrogen-bond donors (Lipinski definition) is 2. The number of sulfone groups is 1. The zero-order valence-electron chi connectivity index (χ0n) is 15.6. The van der Waals surface area contributed by atoms with Gasteiger partial charge in [-0.1, -0.05) is 17.8 Å². The van der Waals surface area contributed by atoms with Crippen molar-refractivity contribution in [3.05, 3.63) is 53.5 Å². The minimum atomic E-state index is -3.78. The number of nitrogens with two attached hydrogens (primary N) is 1. The number of carbonyl (C=O) groups is 2. The van der Waals surface area contributed by atoms with Gasteiger partial charge in [0.15, 0.2) is 5.16 Å². The Morgan fingerprint density at radius 3 is 2.57 bits per heavy atom. The molecule has 3 N–H and O–H groups in total. The molecule has 3 rings (SSSR count). The molecule has 0 aliphatic heterocycles. The number of thiophene rings is 1. The molecule has 2 aromatic heterocycles. The molecule has 0 fully saturated rings. The summed E-state index contributed by atoms with van der Waals surface area (Å²) < 4.78 is 29.8. The Morgan fingerprint density at radius 1 is 1.23 bits per heavy atom. The van der Waals surface area contributed by atoms with E-state index in [2.05, 4.69) is 20.0 Å². The van der Waals surface area contributed by atoms with E-state index in [1.807, 2.05) is 0 Å². The number of esters is 1. The summed E-state index contributed by atoms with van der Waals surface area (Å²) in [6.45, 7) is 0. The molecule has 0 spiro atoms. The first kappa shape index (κ1) is 21.7. The highest BCUT2D eigenvalue weighted by molar-refractivity contribution is 7.99. The number of rotatable bonds is 7. The molecule has 2 heterocycles. The molecule has 1 aromatic carbocycles. The number of aromatic nitrogens is 2. The summed E-state index contributed by atoms with van der Waals surface area (Å²) >= 11 is 2.08. The highest BCUT2D eigenvalue weighted by Gasteiger charge is 2.23. The van der Waals surface area contributed by atoms with Crippen LogP contribution in [0.1, 0.15) is 10.4 Å². The smallest absolute Gasteiger partial charge is 0.337 e. The number of nitrogens with zero attached hydrogens (tertiary/aromatic N) is 2. The van der Waals surface area contributed by atoms with Crippen molar-refractivity contribution in [1.29, 1.82) is 0 Å². The first-order valence-electron chi connectivity index (χ1n) is 8.33. The van der Waals surface area contributed by atoms with Crippen LogP contribution in [-0.4, -0.2) is 43.1 Å². The number of carbonyl (C=O) groups excluding carboxylic acids is 2. The van der Waals surface area contributed by atoms with Crippen molar-refractivity contribution < 1.29 is 22.7 Å². The number of anilines is 2. The summed E-state index contributed by atoms with van der Waals surface area (Å²) in [6, 6.07) is 9.32. The molecule has 12 heteroatoms. The van der Waals surface area contributed by atoms with Crippen molar-refractivity contribution in [2.75, 3.05) is 23.9 Å². The fraction of sp³-hybridized carbons (Fsp3) is 0.111. The third-order valence-corrected chi connectivity index (χ3v) is 7.76. The van der Waals surface area contributed by atoms with Crippen molar-refractivity contribution in [1.82, 2.24) is 9.97 Å². The van der Waals surface area contributed by atoms with Gasteiger partial charge in [-0.05, 0) is 35.7 Å². The largest absolute Gasteiger partial charge is 0.465 e. The van der Waals surface area contributed by atoms with Crippen LogP contribution in [0.3, 0.4) is 0 Å². The predicted octanol–water partition coefficient (Wildman–Crippen LogP) is 2.47. The van der Waals surface area contributed by atoms with E-state index in [9.17, 15) is 18.0 Å². The lowest BCUT2D eigenvalue weighted by Crippen LogP contribution is -2.15. The van der Waals surface area contributed by atoms with Crippen LogP contribution in [0.25, 0.3) is 0 Å². The lowest BCUT2D eigenvalue weighted by atomic mass is 10.2. The predicted molar refractivity (Wildman–Crippen MR) is 113 cm³/mol. The molecule has 30 heavy (non-hydrogen) atoms. The van der Waals surface area contributed by atoms with E-state index in [1.165, 1.54) is 25.3 Å². The lowest BCUT2D eigenvalue weighted by molar-refractivity contribution is -0.113. The number of methoxy groups -OCH3 is 1. The Hall–Kier alpha value is -2.96. The van der Waals surface area contributed by atoms with E-state index in [1.54, 1.807) is 23.6 Å². The minimum absolute atomic E-state index is 0.0186. The molecule has 1 amide bonds. The van der Waals surface area contributed by atoms with Crippen LogP contribution in [0.2, 0.25) is 0 Å². The van der Waals surface area contributed by atoms with Crippen molar-refractivity contribution in [3.63, 3.8) is 0 Å². The van der Waals surface area contributed by atoms with Gasteiger partial charge in [-0.15, -0.1) is 11.3 Å². The maximum atomic E-state index is 12.5. The zero-order valence-corrected chi connectivity index (χ0v) is 18.0. The van der Waals surface area contributed by atoms with Crippen molar-refractivity contribution in [3.8, 4) is 0 Å². The quantitative estimate of drug-likeness (QED) is 0.306. The van der Waals surface area contributed by atoms with Gasteiger partial charge in [-0.25, -0.2) is 23.2 Å². The van der Waals surface area contributed by atoms with Gasteiger partial charge in [-0.3, -0.25) is 4.79 Å². The van der Waals surface area contributed by atoms with Gasteiger partial charge in [0.05, 0.1) is 24.6 Å². The number of ether oxygens (including phenoxy) is 1. The molecule has 156 valence electrons. The van der Waals surface area contributed by atoms with Gasteiger partial charge in [0.25, 0.3) is 0 Å². The van der Waals surface area contributed by atoms with Crippen LogP contribution >= 0.6 is 23.1 Å². The van der Waals surface area contributed by atoms with Gasteiger partial charge in [-0.2, -0.15) is 0 Å². The molecule has 0 aliphatic carbocycles. The normalized spacial score (nSPS) is 11.1. The number of amides is 1. The highest BCUT2D eigenvalue weighted by atomic mass is 32.2. The maximum Gasteiger partial charge on any atom is 0.337 e. The van der Waals surface area contributed by atoms with E-state index >= 15 is 0 Å². The Balaban J connectivity index is 1.61. The molecule has 9 nitrogen and oxygen atoms in total. The minimum Gasteiger partial charge on any atom is -0.465 e. The van der Waals surface area contributed by atoms with Crippen LogP contribution in [-0.2, 0) is 19.4 Å². The Morgan fingerprint density at radius 2 is 1.97 bits per heavy atom. The second-order valence-corrected chi connectivity index (χ2v) is 9.78. The van der Waals surface area contributed by atoms with Gasteiger partial charge in [0, 0.05) is 5.69 Å². The van der Waals surface area contributed by atoms with Crippen LogP contribution in [0.5, 0.6) is 0 Å². The SMILES string of the molecule is COC(=O)c1ccc(NC(=O)CSc2ncc(S(=O)(=O)c3cccs3)c(N)n2)cc1. The van der Waals surface area contributed by atoms with Crippen LogP contribution < -0.4 is 11.1 Å². The van der Waals surface area contributed by atoms with Crippen LogP contribution in [0.15, 0.2) is 62.2 Å².